The second-order valence-corrected chi connectivity index (χ2v) is 26.9. The van der Waals surface area contributed by atoms with Crippen molar-refractivity contribution in [1.82, 2.24) is 25.8 Å². The Morgan fingerprint density at radius 3 is 1.25 bits per heavy atom. The minimum Gasteiger partial charge on any atom is -0.444 e. The molecule has 0 spiro atoms. The maximum absolute atomic E-state index is 12.1. The largest absolute Gasteiger partial charge is 0.444 e. The van der Waals surface area contributed by atoms with E-state index in [1.54, 1.807) is 0 Å². The first-order valence-corrected chi connectivity index (χ1v) is 26.8. The summed E-state index contributed by atoms with van der Waals surface area (Å²) in [5.41, 5.74) is 4.81. The van der Waals surface area contributed by atoms with Gasteiger partial charge in [0.1, 0.15) is 24.6 Å². The molecule has 0 bridgehead atoms. The van der Waals surface area contributed by atoms with Crippen molar-refractivity contribution in [1.29, 1.82) is 0 Å². The smallest absolute Gasteiger partial charge is 0.407 e. The summed E-state index contributed by atoms with van der Waals surface area (Å²) >= 11 is 11.5. The zero-order valence-electron chi connectivity index (χ0n) is 40.1. The van der Waals surface area contributed by atoms with Crippen molar-refractivity contribution in [3.63, 3.8) is 0 Å². The van der Waals surface area contributed by atoms with E-state index in [9.17, 15) is 22.8 Å². The normalized spacial score (nSPS) is 15.4. The Morgan fingerprint density at radius 1 is 0.750 bits per heavy atom. The molecule has 3 aliphatic heterocycles. The molecule has 3 saturated heterocycles. The van der Waals surface area contributed by atoms with Crippen molar-refractivity contribution >= 4 is 138 Å². The Balaban J connectivity index is -0.0000000834. The van der Waals surface area contributed by atoms with Gasteiger partial charge in [0.05, 0.1) is 8.10 Å². The van der Waals surface area contributed by atoms with Crippen LogP contribution in [0.5, 0.6) is 0 Å². The Kier molecular flexibility index (Phi) is 77.7. The number of ether oxygens (including phenoxy) is 2. The van der Waals surface area contributed by atoms with Gasteiger partial charge >= 0.3 is 12.2 Å². The van der Waals surface area contributed by atoms with Crippen molar-refractivity contribution < 1.29 is 74.5 Å². The number of hydrogen-bond acceptors (Lipinski definition) is 9. The van der Waals surface area contributed by atoms with Crippen LogP contribution in [0.2, 0.25) is 0 Å². The number of likely N-dealkylation sites (tertiary alicyclic amines) is 2. The molecule has 0 atom stereocenters. The molecule has 2 radical (unpaired) electrons. The number of aliphatic hydroxyl groups is 1. The predicted molar refractivity (Wildman–Crippen MR) is 306 cm³/mol. The molecule has 3 heterocycles. The summed E-state index contributed by atoms with van der Waals surface area (Å²) in [6, 6.07) is 0.780. The van der Waals surface area contributed by atoms with Gasteiger partial charge in [0, 0.05) is 97.4 Å². The molecular weight excluding hydrogens is 1500 g/mol. The summed E-state index contributed by atoms with van der Waals surface area (Å²) in [5.74, 6) is 0. The molecule has 11 nitrogen and oxygen atoms in total. The maximum Gasteiger partial charge on any atom is 0.407 e. The number of piperidine rings is 3. The number of alkyl halides is 7. The van der Waals surface area contributed by atoms with Crippen LogP contribution in [0.15, 0.2) is 0 Å². The van der Waals surface area contributed by atoms with Crippen molar-refractivity contribution in [3.8, 4) is 0 Å². The van der Waals surface area contributed by atoms with Crippen LogP contribution in [0, 0.1) is 10.3 Å². The minimum atomic E-state index is -0.459. The number of alkyl carbamates (subject to hydrolysis) is 2. The van der Waals surface area contributed by atoms with Crippen LogP contribution in [0.3, 0.4) is 0 Å². The summed E-state index contributed by atoms with van der Waals surface area (Å²) in [5, 5.41) is 16.0. The predicted octanol–water partition coefficient (Wildman–Crippen LogP) is 11.9. The van der Waals surface area contributed by atoms with Gasteiger partial charge < -0.3 is 75.1 Å². The van der Waals surface area contributed by atoms with E-state index in [1.807, 2.05) is 84.4 Å². The number of amides is 2. The molecule has 0 unspecified atom stereocenters. The zero-order valence-corrected chi connectivity index (χ0v) is 54.5. The summed E-state index contributed by atoms with van der Waals surface area (Å²) in [6.07, 6.45) is 7.09. The van der Waals surface area contributed by atoms with Crippen LogP contribution in [-0.4, -0.2) is 146 Å². The van der Waals surface area contributed by atoms with Crippen molar-refractivity contribution in [3.05, 3.63) is 10.3 Å². The number of carbonyl (C=O) groups is 2. The minimum absolute atomic E-state index is 0. The molecule has 6 N–H and O–H groups in total. The van der Waals surface area contributed by atoms with Gasteiger partial charge in [-0.3, -0.25) is 8.32 Å². The van der Waals surface area contributed by atoms with Gasteiger partial charge in [0.2, 0.25) is 0 Å². The molecule has 2 amide bonds. The van der Waals surface area contributed by atoms with Gasteiger partial charge in [-0.2, -0.15) is 27.7 Å². The first-order chi connectivity index (χ1) is 27.8. The number of carbonyl (C=O) groups excluding carboxylic acids is 2. The number of hydrogen-bond donors (Lipinski definition) is 5. The molecule has 0 aromatic carbocycles. The molecule has 392 valence electrons. The van der Waals surface area contributed by atoms with Crippen LogP contribution in [0.25, 0.3) is 0 Å². The SMILES string of the molecule is C.CC(C)(C)OC(=O)NC1CCN(CCF)CC1.CC(C)(C)OC(=O)NC1CCNCC1.CC(I)(I)CI.CO.C[C-](C)I.C[CH-]C.Cl.FCCI.NC1CCN(CCF)CC1.[V].[V]. The van der Waals surface area contributed by atoms with E-state index in [0.29, 0.717) is 25.0 Å². The van der Waals surface area contributed by atoms with Gasteiger partial charge in [-0.25, -0.2) is 18.4 Å². The summed E-state index contributed by atoms with van der Waals surface area (Å²) in [7, 11) is 1.00. The number of aliphatic hydroxyl groups excluding tert-OH is 1. The topological polar surface area (TPSA) is 141 Å². The van der Waals surface area contributed by atoms with E-state index in [4.69, 9.17) is 20.3 Å². The Bertz CT molecular complexity index is 950. The van der Waals surface area contributed by atoms with Gasteiger partial charge in [-0.15, -0.1) is 12.4 Å². The van der Waals surface area contributed by atoms with E-state index < -0.39 is 11.2 Å². The molecule has 0 saturated carbocycles. The molecule has 0 aromatic heterocycles. The van der Waals surface area contributed by atoms with Crippen LogP contribution in [0.1, 0.15) is 122 Å². The van der Waals surface area contributed by atoms with Gasteiger partial charge in [0.15, 0.2) is 0 Å². The first-order valence-electron chi connectivity index (χ1n) is 20.5. The number of nitrogens with two attached hydrogens (primary N) is 1. The molecule has 0 aliphatic carbocycles. The Morgan fingerprint density at radius 2 is 1.02 bits per heavy atom. The molecular formula is C42H89ClF3I5N6O5V2-2. The van der Waals surface area contributed by atoms with Crippen molar-refractivity contribution in [2.45, 2.75) is 153 Å². The fourth-order valence-electron chi connectivity index (χ4n) is 4.63. The zero-order chi connectivity index (χ0) is 47.8. The fraction of sp³-hybridized carbons (Fsp3) is 0.905. The van der Waals surface area contributed by atoms with Gasteiger partial charge in [0.25, 0.3) is 0 Å². The van der Waals surface area contributed by atoms with Crippen LogP contribution in [0.4, 0.5) is 22.8 Å². The van der Waals surface area contributed by atoms with Crippen LogP contribution >= 0.6 is 125 Å². The average molecular weight is 1590 g/mol. The summed E-state index contributed by atoms with van der Waals surface area (Å²) in [4.78, 5) is 27.1. The molecule has 0 aromatic rings. The second-order valence-electron chi connectivity index (χ2n) is 16.0. The first kappa shape index (κ1) is 87.0. The van der Waals surface area contributed by atoms with Crippen LogP contribution < -0.4 is 21.7 Å². The molecule has 3 aliphatic rings. The monoisotopic (exact) mass is 1590 g/mol. The number of nitrogens with one attached hydrogen (secondary N) is 3. The van der Waals surface area contributed by atoms with E-state index in [1.165, 1.54) is 8.35 Å². The Hall–Kier alpha value is 3.24. The standard InChI is InChI=1S/C12H23FN2O2.C10H20N2O2.C7H15FN2.C3H5I3.C3H6I.C3H7.C2H4FI.CH4O.CH4.ClH.2V/c1-12(2,3)17-11(16)14-10-4-7-15(8-5-10)9-6-13;1-10(2,3)14-9(13)12-8-4-6-11-7-5-8;8-3-6-10-4-1-7(9)2-5-10;1-3(5,6)2-4;1-3(2)4;1-3-2;3-1-2-4;1-2;;;;/h10H,4-9H2,1-3H3,(H,14,16);8,11H,4-7H2,1-3H3,(H,12,13);7H,1-6,9H2;2H2,1H3;1-2H3;3H,1-2H3;1-2H2;2H,1H3;1H4;1H;;/q;;;;2*-1;;;;;;. The fourth-order valence-corrected chi connectivity index (χ4v) is 4.63. The van der Waals surface area contributed by atoms with Crippen LogP contribution in [-0.2, 0) is 46.6 Å². The molecule has 64 heavy (non-hydrogen) atoms. The second kappa shape index (κ2) is 57.1. The molecule has 3 rings (SSSR count). The van der Waals surface area contributed by atoms with Crippen molar-refractivity contribution in [2.75, 3.05) is 88.3 Å². The number of rotatable bonds is 8. The molecule has 22 heteroatoms. The van der Waals surface area contributed by atoms with Gasteiger partial charge in [-0.05, 0) is 113 Å². The number of halogens is 9. The van der Waals surface area contributed by atoms with E-state index in [-0.39, 0.29) is 101 Å². The van der Waals surface area contributed by atoms with E-state index >= 15 is 0 Å². The van der Waals surface area contributed by atoms with E-state index in [2.05, 4.69) is 137 Å². The Labute approximate surface area is 489 Å². The summed E-state index contributed by atoms with van der Waals surface area (Å²) in [6.45, 7) is 27.4. The van der Waals surface area contributed by atoms with E-state index in [0.717, 1.165) is 84.9 Å². The third-order valence-electron chi connectivity index (χ3n) is 7.11. The third-order valence-corrected chi connectivity index (χ3v) is 12.7. The average Bonchev–Trinajstić information content (AvgIpc) is 3.14. The molecule has 3 fully saturated rings. The van der Waals surface area contributed by atoms with Gasteiger partial charge in [-0.1, -0.05) is 97.8 Å². The van der Waals surface area contributed by atoms with Crippen molar-refractivity contribution in [2.24, 2.45) is 5.73 Å². The third kappa shape index (κ3) is 76.7. The maximum atomic E-state index is 12.1. The quantitative estimate of drug-likeness (QED) is 0.0912. The summed E-state index contributed by atoms with van der Waals surface area (Å²) < 4.78 is 48.7. The number of nitrogens with zero attached hydrogens (tertiary/aromatic N) is 2.